The van der Waals surface area contributed by atoms with Gasteiger partial charge in [-0.25, -0.2) is 17.2 Å². The van der Waals surface area contributed by atoms with Crippen molar-refractivity contribution in [3.8, 4) is 0 Å². The highest BCUT2D eigenvalue weighted by molar-refractivity contribution is 9.10. The van der Waals surface area contributed by atoms with Crippen molar-refractivity contribution in [1.29, 1.82) is 0 Å². The van der Waals surface area contributed by atoms with Gasteiger partial charge in [0.15, 0.2) is 15.7 Å². The largest absolute Gasteiger partial charge is 0.342 e. The summed E-state index contributed by atoms with van der Waals surface area (Å²) in [6, 6.07) is 8.94. The van der Waals surface area contributed by atoms with Gasteiger partial charge in [-0.15, -0.1) is 0 Å². The average molecular weight is 523 g/mol. The monoisotopic (exact) mass is 522 g/mol. The summed E-state index contributed by atoms with van der Waals surface area (Å²) in [4.78, 5) is 11.9. The van der Waals surface area contributed by atoms with Crippen LogP contribution in [0.1, 0.15) is 5.56 Å². The van der Waals surface area contributed by atoms with Gasteiger partial charge in [0.1, 0.15) is 17.4 Å². The van der Waals surface area contributed by atoms with Crippen LogP contribution < -0.4 is 10.7 Å². The van der Waals surface area contributed by atoms with E-state index in [1.807, 2.05) is 12.1 Å². The Balaban J connectivity index is 1.72. The molecule has 0 spiro atoms. The third-order valence-corrected chi connectivity index (χ3v) is 6.83. The Morgan fingerprint density at radius 3 is 2.78 bits per heavy atom. The number of rotatable bonds is 5. The second-order valence-electron chi connectivity index (χ2n) is 7.10. The van der Waals surface area contributed by atoms with Crippen molar-refractivity contribution in [1.82, 2.24) is 15.3 Å². The van der Waals surface area contributed by atoms with Gasteiger partial charge in [-0.1, -0.05) is 34.1 Å². The molecule has 0 saturated heterocycles. The van der Waals surface area contributed by atoms with Gasteiger partial charge in [0.05, 0.1) is 22.3 Å². The zero-order valence-corrected chi connectivity index (χ0v) is 18.9. The molecule has 0 radical (unpaired) electrons. The lowest BCUT2D eigenvalue weighted by Gasteiger charge is -2.09. The number of halogens is 3. The van der Waals surface area contributed by atoms with Gasteiger partial charge in [0.2, 0.25) is 5.91 Å². The molecule has 1 aliphatic rings. The van der Waals surface area contributed by atoms with Gasteiger partial charge < -0.3 is 15.3 Å². The van der Waals surface area contributed by atoms with E-state index >= 15 is 0 Å². The molecule has 1 aliphatic heterocycles. The van der Waals surface area contributed by atoms with Crippen molar-refractivity contribution < 1.29 is 22.0 Å². The molecule has 0 saturated carbocycles. The molecule has 0 fully saturated rings. The number of sulfone groups is 1. The first-order valence-corrected chi connectivity index (χ1v) is 11.9. The van der Waals surface area contributed by atoms with E-state index in [0.717, 1.165) is 16.1 Å². The number of carbonyl (C=O) groups is 1. The van der Waals surface area contributed by atoms with Crippen LogP contribution in [0.5, 0.6) is 0 Å². The van der Waals surface area contributed by atoms with E-state index in [9.17, 15) is 22.0 Å². The first kappa shape index (κ1) is 22.2. The first-order chi connectivity index (χ1) is 15.2. The minimum absolute atomic E-state index is 0.0743. The van der Waals surface area contributed by atoms with E-state index in [1.165, 1.54) is 16.8 Å². The Morgan fingerprint density at radius 2 is 2.06 bits per heavy atom. The summed E-state index contributed by atoms with van der Waals surface area (Å²) in [6.07, 6.45) is 4.47. The summed E-state index contributed by atoms with van der Waals surface area (Å²) < 4.78 is 57.0. The van der Waals surface area contributed by atoms with Gasteiger partial charge >= 0.3 is 0 Å². The average Bonchev–Trinajstić information content (AvgIpc) is 3.08. The summed E-state index contributed by atoms with van der Waals surface area (Å²) in [6.45, 7) is 0.665. The quantitative estimate of drug-likeness (QED) is 0.538. The summed E-state index contributed by atoms with van der Waals surface area (Å²) in [5.74, 6) is -3.43. The Hall–Kier alpha value is -3.05. The van der Waals surface area contributed by atoms with Crippen molar-refractivity contribution in [2.75, 3.05) is 12.3 Å². The molecule has 0 aliphatic carbocycles. The van der Waals surface area contributed by atoms with E-state index in [1.54, 1.807) is 18.2 Å². The molecule has 0 atom stereocenters. The molecule has 3 aromatic rings. The van der Waals surface area contributed by atoms with Gasteiger partial charge in [0.25, 0.3) is 0 Å². The lowest BCUT2D eigenvalue weighted by atomic mass is 10.2. The van der Waals surface area contributed by atoms with Crippen LogP contribution in [0.15, 0.2) is 69.2 Å². The zero-order chi connectivity index (χ0) is 22.9. The summed E-state index contributed by atoms with van der Waals surface area (Å²) in [7, 11) is -4.26. The lowest BCUT2D eigenvalue weighted by molar-refractivity contribution is -0.117. The molecule has 2 aromatic carbocycles. The van der Waals surface area contributed by atoms with Gasteiger partial charge in [-0.3, -0.25) is 4.79 Å². The smallest absolute Gasteiger partial charge is 0.241 e. The van der Waals surface area contributed by atoms with Crippen molar-refractivity contribution in [2.24, 2.45) is 5.10 Å². The molecule has 11 heteroatoms. The Labute approximate surface area is 190 Å². The number of carbonyl (C=O) groups excluding carboxylic acids is 1. The van der Waals surface area contributed by atoms with Crippen molar-refractivity contribution in [2.45, 2.75) is 11.4 Å². The molecule has 4 rings (SSSR count). The molecule has 1 amide bonds. The minimum Gasteiger partial charge on any atom is -0.342 e. The number of fused-ring (bicyclic) bond motifs is 1. The summed E-state index contributed by atoms with van der Waals surface area (Å²) in [5.41, 5.74) is 3.51. The standard InChI is InChI=1S/C21H17BrF2N4O3S/c22-14-4-1-3-13(7-14)10-28-11-18(21-16(24)8-15(23)9-17(21)28)32(30,31)12-20(29)26-19-5-2-6-25-27-19/h1-5,7-9,11,25H,6,10,12H2,(H,26,27,29). The van der Waals surface area contributed by atoms with Crippen LogP contribution in [0.4, 0.5) is 8.78 Å². The van der Waals surface area contributed by atoms with Crippen LogP contribution >= 0.6 is 15.9 Å². The minimum atomic E-state index is -4.26. The molecule has 7 nitrogen and oxygen atoms in total. The normalized spacial score (nSPS) is 13.7. The highest BCUT2D eigenvalue weighted by Gasteiger charge is 2.27. The van der Waals surface area contributed by atoms with E-state index in [-0.39, 0.29) is 28.2 Å². The Morgan fingerprint density at radius 1 is 1.25 bits per heavy atom. The van der Waals surface area contributed by atoms with Crippen LogP contribution in [0.25, 0.3) is 10.9 Å². The molecule has 0 unspecified atom stereocenters. The fourth-order valence-electron chi connectivity index (χ4n) is 3.39. The maximum absolute atomic E-state index is 14.7. The summed E-state index contributed by atoms with van der Waals surface area (Å²) in [5, 5.41) is 5.98. The highest BCUT2D eigenvalue weighted by Crippen LogP contribution is 2.30. The van der Waals surface area contributed by atoms with Crippen molar-refractivity contribution in [3.05, 3.63) is 76.4 Å². The van der Waals surface area contributed by atoms with E-state index in [2.05, 4.69) is 31.8 Å². The molecule has 1 aromatic heterocycles. The fraction of sp³-hybridized carbons (Fsp3) is 0.143. The second-order valence-corrected chi connectivity index (χ2v) is 9.98. The number of hydrogen-bond acceptors (Lipinski definition) is 5. The molecular weight excluding hydrogens is 506 g/mol. The molecular formula is C21H17BrF2N4O3S. The highest BCUT2D eigenvalue weighted by atomic mass is 79.9. The predicted octanol–water partition coefficient (Wildman–Crippen LogP) is 3.09. The number of hydrazone groups is 1. The number of benzene rings is 2. The second kappa shape index (κ2) is 8.83. The molecule has 2 N–H and O–H groups in total. The molecule has 32 heavy (non-hydrogen) atoms. The lowest BCUT2D eigenvalue weighted by Crippen LogP contribution is -2.36. The van der Waals surface area contributed by atoms with E-state index in [0.29, 0.717) is 12.6 Å². The first-order valence-electron chi connectivity index (χ1n) is 9.45. The van der Waals surface area contributed by atoms with E-state index in [4.69, 9.17) is 0 Å². The van der Waals surface area contributed by atoms with Crippen LogP contribution in [0.2, 0.25) is 0 Å². The zero-order valence-electron chi connectivity index (χ0n) is 16.5. The third kappa shape index (κ3) is 4.73. The number of aromatic nitrogens is 1. The Kier molecular flexibility index (Phi) is 6.11. The Bertz CT molecular complexity index is 1380. The van der Waals surface area contributed by atoms with Crippen LogP contribution in [-0.4, -0.2) is 37.0 Å². The number of nitrogens with zero attached hydrogens (tertiary/aromatic N) is 2. The predicted molar refractivity (Wildman–Crippen MR) is 120 cm³/mol. The molecule has 2 heterocycles. The van der Waals surface area contributed by atoms with Gasteiger partial charge in [-0.2, -0.15) is 5.10 Å². The molecule has 0 bridgehead atoms. The SMILES string of the molecule is O=C(CS(=O)(=O)c1cn(Cc2cccc(Br)c2)c2cc(F)cc(F)c12)NC1=NNCC=C1. The maximum atomic E-state index is 14.7. The number of nitrogens with one attached hydrogen (secondary N) is 2. The number of hydrogen-bond donors (Lipinski definition) is 2. The topological polar surface area (TPSA) is 92.6 Å². The van der Waals surface area contributed by atoms with Gasteiger partial charge in [0, 0.05) is 23.3 Å². The van der Waals surface area contributed by atoms with Crippen LogP contribution in [0.3, 0.4) is 0 Å². The molecule has 166 valence electrons. The van der Waals surface area contributed by atoms with E-state index < -0.39 is 33.1 Å². The van der Waals surface area contributed by atoms with Crippen LogP contribution in [0, 0.1) is 11.6 Å². The number of amidine groups is 1. The van der Waals surface area contributed by atoms with Crippen LogP contribution in [-0.2, 0) is 21.2 Å². The van der Waals surface area contributed by atoms with Crippen molar-refractivity contribution >= 4 is 48.4 Å². The van der Waals surface area contributed by atoms with Crippen molar-refractivity contribution in [3.63, 3.8) is 0 Å². The number of amides is 1. The third-order valence-electron chi connectivity index (χ3n) is 4.71. The van der Waals surface area contributed by atoms with Gasteiger partial charge in [-0.05, 0) is 29.8 Å². The fourth-order valence-corrected chi connectivity index (χ4v) is 5.22. The summed E-state index contributed by atoms with van der Waals surface area (Å²) >= 11 is 3.36. The maximum Gasteiger partial charge on any atom is 0.241 e.